The summed E-state index contributed by atoms with van der Waals surface area (Å²) in [5.41, 5.74) is 1.84. The smallest absolute Gasteiger partial charge is 0.338 e. The van der Waals surface area contributed by atoms with Crippen LogP contribution >= 0.6 is 0 Å². The van der Waals surface area contributed by atoms with E-state index in [-0.39, 0.29) is 17.0 Å². The van der Waals surface area contributed by atoms with Gasteiger partial charge in [-0.25, -0.2) is 14.3 Å². The van der Waals surface area contributed by atoms with E-state index in [0.717, 1.165) is 9.87 Å². The number of aromatic nitrogens is 4. The molecule has 0 spiro atoms. The highest BCUT2D eigenvalue weighted by Gasteiger charge is 2.35. The molecule has 0 saturated heterocycles. The zero-order valence-electron chi connectivity index (χ0n) is 16.2. The summed E-state index contributed by atoms with van der Waals surface area (Å²) in [5, 5.41) is 13.3. The normalized spacial score (nSPS) is 11.9. The van der Waals surface area contributed by atoms with Crippen LogP contribution in [0.25, 0.3) is 5.78 Å². The van der Waals surface area contributed by atoms with Gasteiger partial charge in [0.05, 0.1) is 11.3 Å². The first kappa shape index (κ1) is 19.7. The Hall–Kier alpha value is -3.01. The first-order chi connectivity index (χ1) is 13.0. The van der Waals surface area contributed by atoms with Gasteiger partial charge < -0.3 is 5.11 Å². The summed E-state index contributed by atoms with van der Waals surface area (Å²) >= 11 is 0. The van der Waals surface area contributed by atoms with Gasteiger partial charge in [0.1, 0.15) is 0 Å². The number of anilines is 1. The van der Waals surface area contributed by atoms with Crippen LogP contribution < -0.4 is 4.31 Å². The summed E-state index contributed by atoms with van der Waals surface area (Å²) in [7, 11) is -4.24. The molecule has 10 heteroatoms. The zero-order chi connectivity index (χ0) is 20.8. The number of hydrogen-bond acceptors (Lipinski definition) is 6. The van der Waals surface area contributed by atoms with Crippen molar-refractivity contribution in [3.05, 3.63) is 46.8 Å². The molecule has 3 aromatic rings. The Morgan fingerprint density at radius 3 is 2.43 bits per heavy atom. The second-order valence-corrected chi connectivity index (χ2v) is 8.60. The van der Waals surface area contributed by atoms with E-state index in [1.165, 1.54) is 4.52 Å². The number of carbonyl (C=O) groups is 1. The summed E-state index contributed by atoms with van der Waals surface area (Å²) in [6.07, 6.45) is 3.18. The lowest BCUT2D eigenvalue weighted by molar-refractivity contribution is 0.0697. The van der Waals surface area contributed by atoms with Crippen molar-refractivity contribution in [3.8, 4) is 0 Å². The third-order valence-corrected chi connectivity index (χ3v) is 6.04. The molecule has 2 heterocycles. The van der Waals surface area contributed by atoms with E-state index < -0.39 is 27.2 Å². The molecule has 0 aliphatic rings. The van der Waals surface area contributed by atoms with Gasteiger partial charge in [-0.05, 0) is 51.3 Å². The Kier molecular flexibility index (Phi) is 4.84. The number of carboxylic acids is 1. The van der Waals surface area contributed by atoms with Gasteiger partial charge in [-0.15, -0.1) is 5.10 Å². The van der Waals surface area contributed by atoms with Crippen LogP contribution in [0.4, 0.5) is 5.69 Å². The Labute approximate surface area is 162 Å². The molecular formula is C18H21N5O4S. The van der Waals surface area contributed by atoms with E-state index in [0.29, 0.717) is 11.1 Å². The van der Waals surface area contributed by atoms with Gasteiger partial charge in [0, 0.05) is 18.4 Å². The van der Waals surface area contributed by atoms with Gasteiger partial charge in [0.2, 0.25) is 0 Å². The Balaban J connectivity index is 2.28. The second-order valence-electron chi connectivity index (χ2n) is 6.89. The standard InChI is InChI=1S/C18H21N5O4S/c1-10(2)23(15-13(5)7-6-12(4)14(15)16(24)25)28(26,27)18-20-17-19-8-11(3)9-22(17)21-18/h6-10H,1-5H3,(H,24,25). The summed E-state index contributed by atoms with van der Waals surface area (Å²) in [5.74, 6) is -1.05. The van der Waals surface area contributed by atoms with Gasteiger partial charge in [-0.3, -0.25) is 4.31 Å². The molecule has 0 fully saturated rings. The molecule has 1 aromatic carbocycles. The van der Waals surface area contributed by atoms with E-state index in [4.69, 9.17) is 0 Å². The average Bonchev–Trinajstić information content (AvgIpc) is 3.01. The lowest BCUT2D eigenvalue weighted by atomic mass is 10.0. The van der Waals surface area contributed by atoms with E-state index in [1.54, 1.807) is 59.1 Å². The first-order valence-corrected chi connectivity index (χ1v) is 10.0. The maximum Gasteiger partial charge on any atom is 0.338 e. The van der Waals surface area contributed by atoms with E-state index in [9.17, 15) is 18.3 Å². The molecule has 9 nitrogen and oxygen atoms in total. The Morgan fingerprint density at radius 2 is 1.82 bits per heavy atom. The largest absolute Gasteiger partial charge is 0.478 e. The van der Waals surface area contributed by atoms with Crippen LogP contribution in [0.3, 0.4) is 0 Å². The molecule has 1 N–H and O–H groups in total. The van der Waals surface area contributed by atoms with E-state index in [2.05, 4.69) is 15.1 Å². The predicted molar refractivity (Wildman–Crippen MR) is 103 cm³/mol. The van der Waals surface area contributed by atoms with E-state index in [1.807, 2.05) is 0 Å². The molecule has 0 aliphatic heterocycles. The molecule has 0 atom stereocenters. The lowest BCUT2D eigenvalue weighted by Crippen LogP contribution is -2.39. The molecule has 148 valence electrons. The van der Waals surface area contributed by atoms with Crippen molar-refractivity contribution in [2.75, 3.05) is 4.31 Å². The number of aryl methyl sites for hydroxylation is 3. The van der Waals surface area contributed by atoms with Crippen LogP contribution in [0.15, 0.2) is 29.7 Å². The summed E-state index contributed by atoms with van der Waals surface area (Å²) < 4.78 is 29.2. The van der Waals surface area contributed by atoms with Crippen molar-refractivity contribution < 1.29 is 18.3 Å². The molecule has 0 bridgehead atoms. The van der Waals surface area contributed by atoms with Gasteiger partial charge in [-0.2, -0.15) is 13.4 Å². The number of nitrogens with zero attached hydrogens (tertiary/aromatic N) is 5. The molecule has 0 amide bonds. The highest BCUT2D eigenvalue weighted by Crippen LogP contribution is 2.33. The van der Waals surface area contributed by atoms with Gasteiger partial charge >= 0.3 is 16.0 Å². The van der Waals surface area contributed by atoms with Gasteiger partial charge in [0.25, 0.3) is 10.9 Å². The summed E-state index contributed by atoms with van der Waals surface area (Å²) in [6.45, 7) is 8.45. The molecule has 0 saturated carbocycles. The van der Waals surface area contributed by atoms with Crippen molar-refractivity contribution in [1.29, 1.82) is 0 Å². The van der Waals surface area contributed by atoms with Crippen molar-refractivity contribution in [1.82, 2.24) is 19.6 Å². The molecule has 0 aliphatic carbocycles. The quantitative estimate of drug-likeness (QED) is 0.695. The number of hydrogen-bond donors (Lipinski definition) is 1. The van der Waals surface area contributed by atoms with Crippen LogP contribution in [-0.2, 0) is 10.0 Å². The zero-order valence-corrected chi connectivity index (χ0v) is 17.0. The summed E-state index contributed by atoms with van der Waals surface area (Å²) in [6, 6.07) is 2.79. The highest BCUT2D eigenvalue weighted by atomic mass is 32.2. The number of rotatable bonds is 5. The van der Waals surface area contributed by atoms with Crippen molar-refractivity contribution in [2.45, 2.75) is 45.8 Å². The molecule has 0 unspecified atom stereocenters. The van der Waals surface area contributed by atoms with Crippen molar-refractivity contribution in [3.63, 3.8) is 0 Å². The Bertz CT molecular complexity index is 1180. The monoisotopic (exact) mass is 403 g/mol. The Morgan fingerprint density at radius 1 is 1.18 bits per heavy atom. The van der Waals surface area contributed by atoms with Crippen LogP contribution in [0.5, 0.6) is 0 Å². The minimum atomic E-state index is -4.24. The first-order valence-electron chi connectivity index (χ1n) is 8.61. The fourth-order valence-electron chi connectivity index (χ4n) is 3.06. The minimum Gasteiger partial charge on any atom is -0.478 e. The number of carboxylic acid groups (broad SMARTS) is 1. The summed E-state index contributed by atoms with van der Waals surface area (Å²) in [4.78, 5) is 20.0. The van der Waals surface area contributed by atoms with Crippen LogP contribution in [0.2, 0.25) is 0 Å². The second kappa shape index (κ2) is 6.86. The maximum absolute atomic E-state index is 13.4. The minimum absolute atomic E-state index is 0.0602. The number of benzene rings is 1. The highest BCUT2D eigenvalue weighted by molar-refractivity contribution is 7.92. The van der Waals surface area contributed by atoms with Gasteiger partial charge in [-0.1, -0.05) is 12.1 Å². The third kappa shape index (κ3) is 3.19. The maximum atomic E-state index is 13.4. The van der Waals surface area contributed by atoms with Crippen molar-refractivity contribution >= 4 is 27.5 Å². The third-order valence-electron chi connectivity index (χ3n) is 4.28. The number of aromatic carboxylic acids is 1. The fraction of sp³-hybridized carbons (Fsp3) is 0.333. The fourth-order valence-corrected chi connectivity index (χ4v) is 4.65. The predicted octanol–water partition coefficient (Wildman–Crippen LogP) is 2.35. The van der Waals surface area contributed by atoms with E-state index >= 15 is 0 Å². The lowest BCUT2D eigenvalue weighted by Gasteiger charge is -2.30. The molecule has 3 rings (SSSR count). The van der Waals surface area contributed by atoms with Crippen molar-refractivity contribution in [2.24, 2.45) is 0 Å². The van der Waals surface area contributed by atoms with Crippen LogP contribution in [0, 0.1) is 20.8 Å². The molecule has 0 radical (unpaired) electrons. The topological polar surface area (TPSA) is 118 Å². The molecular weight excluding hydrogens is 382 g/mol. The van der Waals surface area contributed by atoms with Crippen LogP contribution in [-0.4, -0.2) is 45.1 Å². The SMILES string of the molecule is Cc1cnc2nc(S(=O)(=O)N(c3c(C)ccc(C)c3C(=O)O)C(C)C)nn2c1. The molecule has 28 heavy (non-hydrogen) atoms. The molecule has 2 aromatic heterocycles. The number of fused-ring (bicyclic) bond motifs is 1. The van der Waals surface area contributed by atoms with Crippen LogP contribution in [0.1, 0.15) is 40.9 Å². The van der Waals surface area contributed by atoms with Gasteiger partial charge in [0.15, 0.2) is 0 Å². The average molecular weight is 403 g/mol. The number of sulfonamides is 1.